The van der Waals surface area contributed by atoms with E-state index in [2.05, 4.69) is 28.3 Å². The molecule has 7 heteroatoms. The van der Waals surface area contributed by atoms with Crippen LogP contribution in [0.1, 0.15) is 18.7 Å². The van der Waals surface area contributed by atoms with Gasteiger partial charge in [-0.2, -0.15) is 0 Å². The van der Waals surface area contributed by atoms with Crippen LogP contribution in [-0.2, 0) is 6.42 Å². The molecule has 2 heterocycles. The summed E-state index contributed by atoms with van der Waals surface area (Å²) in [5.74, 6) is 0.681. The zero-order chi connectivity index (χ0) is 15.6. The molecule has 1 atom stereocenters. The summed E-state index contributed by atoms with van der Waals surface area (Å²) in [7, 11) is 3.86. The maximum absolute atomic E-state index is 10.4. The normalized spacial score (nSPS) is 14.6. The number of hydrogen-bond acceptors (Lipinski definition) is 6. The lowest BCUT2D eigenvalue weighted by Gasteiger charge is -2.27. The number of anilines is 1. The number of nitrogens with one attached hydrogen (secondary N) is 1. The Labute approximate surface area is 134 Å². The van der Waals surface area contributed by atoms with Crippen molar-refractivity contribution >= 4 is 39.0 Å². The largest absolute Gasteiger partial charge is 0.387 e. The van der Waals surface area contributed by atoms with Crippen molar-refractivity contribution in [2.24, 2.45) is 0 Å². The van der Waals surface area contributed by atoms with Crippen LogP contribution >= 0.6 is 22.9 Å². The Bertz CT molecular complexity index is 627. The maximum atomic E-state index is 10.4. The van der Waals surface area contributed by atoms with E-state index < -0.39 is 5.60 Å². The number of halogens is 1. The first-order valence-corrected chi connectivity index (χ1v) is 8.07. The number of fused-ring (bicyclic) bond motifs is 1. The zero-order valence-corrected chi connectivity index (χ0v) is 14.3. The molecule has 21 heavy (non-hydrogen) atoms. The van der Waals surface area contributed by atoms with Crippen LogP contribution in [0.5, 0.6) is 0 Å². The second-order valence-corrected chi connectivity index (χ2v) is 7.17. The fourth-order valence-corrected chi connectivity index (χ4v) is 3.45. The van der Waals surface area contributed by atoms with Crippen LogP contribution in [0.25, 0.3) is 10.2 Å². The van der Waals surface area contributed by atoms with Gasteiger partial charge in [-0.05, 0) is 45.1 Å². The van der Waals surface area contributed by atoms with Gasteiger partial charge < -0.3 is 15.3 Å². The smallest absolute Gasteiger partial charge is 0.225 e. The van der Waals surface area contributed by atoms with Crippen LogP contribution in [0.4, 0.5) is 5.82 Å². The fraction of sp³-hybridized carbons (Fsp3) is 0.571. The summed E-state index contributed by atoms with van der Waals surface area (Å²) in [5, 5.41) is 14.8. The Morgan fingerprint density at radius 2 is 2.14 bits per heavy atom. The highest BCUT2D eigenvalue weighted by Crippen LogP contribution is 2.30. The minimum atomic E-state index is -0.850. The number of aromatic nitrogens is 2. The molecule has 2 aromatic heterocycles. The molecular weight excluding hydrogens is 308 g/mol. The molecule has 2 rings (SSSR count). The van der Waals surface area contributed by atoms with Crippen molar-refractivity contribution in [3.05, 3.63) is 16.2 Å². The topological polar surface area (TPSA) is 61.3 Å². The van der Waals surface area contributed by atoms with Gasteiger partial charge in [0, 0.05) is 18.0 Å². The van der Waals surface area contributed by atoms with E-state index in [-0.39, 0.29) is 5.28 Å². The van der Waals surface area contributed by atoms with E-state index in [9.17, 15) is 5.11 Å². The van der Waals surface area contributed by atoms with Crippen LogP contribution in [0.15, 0.2) is 6.07 Å². The summed E-state index contributed by atoms with van der Waals surface area (Å²) in [4.78, 5) is 12.6. The zero-order valence-electron chi connectivity index (χ0n) is 12.8. The molecule has 0 saturated heterocycles. The molecule has 0 aliphatic rings. The summed E-state index contributed by atoms with van der Waals surface area (Å²) in [6.07, 6.45) is 0.955. The average molecular weight is 329 g/mol. The lowest BCUT2D eigenvalue weighted by Crippen LogP contribution is -2.43. The first kappa shape index (κ1) is 16.4. The molecule has 2 aromatic rings. The van der Waals surface area contributed by atoms with Crippen molar-refractivity contribution in [1.82, 2.24) is 14.9 Å². The second kappa shape index (κ2) is 6.44. The van der Waals surface area contributed by atoms with Gasteiger partial charge in [0.25, 0.3) is 0 Å². The molecule has 0 aliphatic carbocycles. The van der Waals surface area contributed by atoms with Gasteiger partial charge in [-0.25, -0.2) is 9.97 Å². The molecule has 1 unspecified atom stereocenters. The highest BCUT2D eigenvalue weighted by atomic mass is 35.5. The van der Waals surface area contributed by atoms with Gasteiger partial charge in [-0.1, -0.05) is 6.92 Å². The Morgan fingerprint density at radius 1 is 1.43 bits per heavy atom. The van der Waals surface area contributed by atoms with Gasteiger partial charge in [0.05, 0.1) is 11.0 Å². The van der Waals surface area contributed by atoms with Gasteiger partial charge in [0.15, 0.2) is 0 Å². The van der Waals surface area contributed by atoms with Gasteiger partial charge in [-0.3, -0.25) is 0 Å². The summed E-state index contributed by atoms with van der Waals surface area (Å²) < 4.78 is 0. The van der Waals surface area contributed by atoms with Gasteiger partial charge in [0.2, 0.25) is 5.28 Å². The van der Waals surface area contributed by atoms with Gasteiger partial charge >= 0.3 is 0 Å². The molecular formula is C14H21ClN4OS. The van der Waals surface area contributed by atoms with E-state index in [0.29, 0.717) is 18.9 Å². The van der Waals surface area contributed by atoms with E-state index in [4.69, 9.17) is 11.6 Å². The minimum absolute atomic E-state index is 0.224. The number of aliphatic hydroxyl groups is 1. The second-order valence-electron chi connectivity index (χ2n) is 5.71. The highest BCUT2D eigenvalue weighted by Gasteiger charge is 2.22. The SMILES string of the molecule is CCc1cc2c(NCC(C)(O)CN(C)C)nc(Cl)nc2s1. The van der Waals surface area contributed by atoms with Crippen molar-refractivity contribution in [1.29, 1.82) is 0 Å². The average Bonchev–Trinajstić information content (AvgIpc) is 2.77. The molecule has 2 N–H and O–H groups in total. The van der Waals surface area contributed by atoms with E-state index in [0.717, 1.165) is 16.6 Å². The lowest BCUT2D eigenvalue weighted by molar-refractivity contribution is 0.0459. The molecule has 0 fully saturated rings. The molecule has 0 aliphatic heterocycles. The number of likely N-dealkylation sites (N-methyl/N-ethyl adjacent to an activating group) is 1. The standard InChI is InChI=1S/C14H21ClN4OS/c1-5-9-6-10-11(17-13(15)18-12(10)21-9)16-7-14(2,20)8-19(3)4/h6,20H,5,7-8H2,1-4H3,(H,16,17,18). The maximum Gasteiger partial charge on any atom is 0.225 e. The van der Waals surface area contributed by atoms with Crippen LogP contribution in [-0.4, -0.2) is 52.8 Å². The van der Waals surface area contributed by atoms with Crippen molar-refractivity contribution in [2.75, 3.05) is 32.5 Å². The Hall–Kier alpha value is -0.950. The quantitative estimate of drug-likeness (QED) is 0.798. The predicted molar refractivity (Wildman–Crippen MR) is 89.5 cm³/mol. The Morgan fingerprint density at radius 3 is 2.76 bits per heavy atom. The summed E-state index contributed by atoms with van der Waals surface area (Å²) in [6.45, 7) is 4.86. The first-order valence-electron chi connectivity index (χ1n) is 6.87. The van der Waals surface area contributed by atoms with Crippen LogP contribution in [0.2, 0.25) is 5.28 Å². The van der Waals surface area contributed by atoms with Gasteiger partial charge in [-0.15, -0.1) is 11.3 Å². The first-order chi connectivity index (χ1) is 9.80. The number of nitrogens with zero attached hydrogens (tertiary/aromatic N) is 3. The predicted octanol–water partition coefficient (Wildman–Crippen LogP) is 2.63. The molecule has 0 amide bonds. The fourth-order valence-electron chi connectivity index (χ4n) is 2.27. The Balaban J connectivity index is 2.23. The number of rotatable bonds is 6. The molecule has 0 bridgehead atoms. The number of thiophene rings is 1. The summed E-state index contributed by atoms with van der Waals surface area (Å²) in [5.41, 5.74) is -0.850. The highest BCUT2D eigenvalue weighted by molar-refractivity contribution is 7.18. The molecule has 5 nitrogen and oxygen atoms in total. The van der Waals surface area contributed by atoms with Crippen molar-refractivity contribution in [3.63, 3.8) is 0 Å². The molecule has 116 valence electrons. The number of aryl methyl sites for hydroxylation is 1. The summed E-state index contributed by atoms with van der Waals surface area (Å²) in [6, 6.07) is 2.08. The van der Waals surface area contributed by atoms with Crippen LogP contribution < -0.4 is 5.32 Å². The van der Waals surface area contributed by atoms with Gasteiger partial charge in [0.1, 0.15) is 10.6 Å². The van der Waals surface area contributed by atoms with Crippen molar-refractivity contribution < 1.29 is 5.11 Å². The monoisotopic (exact) mass is 328 g/mol. The molecule has 0 saturated carbocycles. The van der Waals surface area contributed by atoms with E-state index in [1.807, 2.05) is 19.0 Å². The van der Waals surface area contributed by atoms with Crippen LogP contribution in [0.3, 0.4) is 0 Å². The Kier molecular flexibility index (Phi) is 5.03. The minimum Gasteiger partial charge on any atom is -0.387 e. The van der Waals surface area contributed by atoms with Crippen molar-refractivity contribution in [2.45, 2.75) is 25.9 Å². The van der Waals surface area contributed by atoms with E-state index >= 15 is 0 Å². The van der Waals surface area contributed by atoms with Crippen molar-refractivity contribution in [3.8, 4) is 0 Å². The van der Waals surface area contributed by atoms with Crippen LogP contribution in [0, 0.1) is 0 Å². The molecule has 0 spiro atoms. The third kappa shape index (κ3) is 4.26. The molecule has 0 aromatic carbocycles. The number of hydrogen-bond donors (Lipinski definition) is 2. The third-order valence-corrected chi connectivity index (χ3v) is 4.40. The van der Waals surface area contributed by atoms with E-state index in [1.165, 1.54) is 4.88 Å². The molecule has 0 radical (unpaired) electrons. The van der Waals surface area contributed by atoms with E-state index in [1.54, 1.807) is 18.3 Å². The lowest BCUT2D eigenvalue weighted by atomic mass is 10.1. The summed E-state index contributed by atoms with van der Waals surface area (Å²) >= 11 is 7.61. The third-order valence-electron chi connectivity index (χ3n) is 3.06.